The van der Waals surface area contributed by atoms with Crippen LogP contribution in [0.5, 0.6) is 0 Å². The average Bonchev–Trinajstić information content (AvgIpc) is 3.30. The van der Waals surface area contributed by atoms with Crippen LogP contribution in [0.3, 0.4) is 0 Å². The van der Waals surface area contributed by atoms with Gasteiger partial charge in [-0.05, 0) is 12.1 Å². The molecule has 178 valence electrons. The predicted octanol–water partition coefficient (Wildman–Crippen LogP) is -0.0163. The Morgan fingerprint density at radius 2 is 1.71 bits per heavy atom. The molecule has 34 heavy (non-hydrogen) atoms. The Morgan fingerprint density at radius 3 is 2.26 bits per heavy atom. The van der Waals surface area contributed by atoms with Crippen LogP contribution in [0.4, 0.5) is 0 Å². The summed E-state index contributed by atoms with van der Waals surface area (Å²) in [6.45, 7) is 1.92. The van der Waals surface area contributed by atoms with E-state index in [0.29, 0.717) is 0 Å². The third-order valence-corrected chi connectivity index (χ3v) is 5.59. The molecule has 4 atom stereocenters. The first-order valence-electron chi connectivity index (χ1n) is 10.4. The molecule has 0 bridgehead atoms. The van der Waals surface area contributed by atoms with Crippen LogP contribution in [-0.2, 0) is 23.8 Å². The van der Waals surface area contributed by atoms with Gasteiger partial charge in [0.25, 0.3) is 17.4 Å². The monoisotopic (exact) mass is 471 g/mol. The second-order valence-corrected chi connectivity index (χ2v) is 7.85. The van der Waals surface area contributed by atoms with Crippen molar-refractivity contribution in [2.75, 3.05) is 6.61 Å². The number of rotatable bonds is 6. The molecule has 1 aromatic heterocycles. The molecule has 2 aliphatic rings. The first-order chi connectivity index (χ1) is 16.2. The molecule has 1 fully saturated rings. The van der Waals surface area contributed by atoms with Crippen molar-refractivity contribution in [3.05, 3.63) is 68.5 Å². The Kier molecular flexibility index (Phi) is 6.16. The van der Waals surface area contributed by atoms with Gasteiger partial charge in [0.15, 0.2) is 6.10 Å². The third-order valence-electron chi connectivity index (χ3n) is 5.59. The highest BCUT2D eigenvalue weighted by atomic mass is 16.6. The van der Waals surface area contributed by atoms with E-state index < -0.39 is 66.1 Å². The molecule has 0 radical (unpaired) electrons. The number of hydrogen-bond donors (Lipinski definition) is 1. The summed E-state index contributed by atoms with van der Waals surface area (Å²) in [4.78, 5) is 76.4. The zero-order valence-electron chi connectivity index (χ0n) is 18.3. The summed E-state index contributed by atoms with van der Waals surface area (Å²) in [6, 6.07) is 6.44. The lowest BCUT2D eigenvalue weighted by Gasteiger charge is -2.31. The summed E-state index contributed by atoms with van der Waals surface area (Å²) in [7, 11) is 0. The lowest BCUT2D eigenvalue weighted by atomic mass is 10.0. The predicted molar refractivity (Wildman–Crippen MR) is 113 cm³/mol. The summed E-state index contributed by atoms with van der Waals surface area (Å²) in [5.41, 5.74) is -0.955. The van der Waals surface area contributed by atoms with Crippen molar-refractivity contribution in [2.24, 2.45) is 0 Å². The molecule has 1 N–H and O–H groups in total. The molecule has 1 saturated heterocycles. The van der Waals surface area contributed by atoms with Gasteiger partial charge in [0.2, 0.25) is 0 Å². The number of nitrogens with zero attached hydrogens (tertiary/aromatic N) is 2. The molecular formula is C22H21N3O9. The van der Waals surface area contributed by atoms with Gasteiger partial charge in [-0.15, -0.1) is 0 Å². The highest BCUT2D eigenvalue weighted by Gasteiger charge is 2.51. The van der Waals surface area contributed by atoms with Crippen LogP contribution in [-0.4, -0.2) is 63.1 Å². The van der Waals surface area contributed by atoms with Crippen molar-refractivity contribution in [1.82, 2.24) is 14.5 Å². The first-order valence-corrected chi connectivity index (χ1v) is 10.4. The number of carbonyl (C=O) groups excluding carboxylic acids is 4. The Hall–Kier alpha value is -4.06. The van der Waals surface area contributed by atoms with E-state index >= 15 is 0 Å². The molecule has 2 aromatic rings. The number of fused-ring (bicyclic) bond motifs is 1. The van der Waals surface area contributed by atoms with Crippen LogP contribution >= 0.6 is 0 Å². The molecule has 3 heterocycles. The number of imide groups is 1. The molecule has 1 aromatic carbocycles. The fourth-order valence-electron chi connectivity index (χ4n) is 4.21. The first kappa shape index (κ1) is 23.1. The molecule has 2 aliphatic heterocycles. The van der Waals surface area contributed by atoms with Gasteiger partial charge in [-0.3, -0.25) is 38.4 Å². The van der Waals surface area contributed by atoms with Gasteiger partial charge in [-0.25, -0.2) is 4.79 Å². The van der Waals surface area contributed by atoms with Crippen LogP contribution in [0, 0.1) is 0 Å². The van der Waals surface area contributed by atoms with Crippen LogP contribution < -0.4 is 11.2 Å². The summed E-state index contributed by atoms with van der Waals surface area (Å²) in [5, 5.41) is 0. The number of hydrogen-bond acceptors (Lipinski definition) is 9. The maximum absolute atomic E-state index is 13.1. The zero-order chi connectivity index (χ0) is 24.6. The van der Waals surface area contributed by atoms with Crippen molar-refractivity contribution in [3.63, 3.8) is 0 Å². The van der Waals surface area contributed by atoms with E-state index in [2.05, 4.69) is 4.98 Å². The lowest BCUT2D eigenvalue weighted by Crippen LogP contribution is -2.51. The minimum atomic E-state index is -1.18. The second kappa shape index (κ2) is 9.06. The topological polar surface area (TPSA) is 154 Å². The number of H-pyrrole nitrogens is 1. The van der Waals surface area contributed by atoms with Gasteiger partial charge in [0.05, 0.1) is 17.2 Å². The van der Waals surface area contributed by atoms with Gasteiger partial charge in [0, 0.05) is 32.5 Å². The fraction of sp³-hybridized carbons (Fsp3) is 0.364. The van der Waals surface area contributed by atoms with Crippen molar-refractivity contribution < 1.29 is 33.4 Å². The number of ether oxygens (including phenoxy) is 3. The number of esters is 2. The summed E-state index contributed by atoms with van der Waals surface area (Å²) < 4.78 is 17.5. The summed E-state index contributed by atoms with van der Waals surface area (Å²) in [6.07, 6.45) is -2.15. The van der Waals surface area contributed by atoms with Crippen LogP contribution in [0.1, 0.15) is 47.2 Å². The average molecular weight is 471 g/mol. The second-order valence-electron chi connectivity index (χ2n) is 7.85. The van der Waals surface area contributed by atoms with Crippen molar-refractivity contribution in [1.29, 1.82) is 0 Å². The Balaban J connectivity index is 1.74. The smallest absolute Gasteiger partial charge is 0.330 e. The zero-order valence-corrected chi connectivity index (χ0v) is 18.3. The van der Waals surface area contributed by atoms with Crippen molar-refractivity contribution in [3.8, 4) is 0 Å². The maximum Gasteiger partial charge on any atom is 0.330 e. The van der Waals surface area contributed by atoms with E-state index in [0.717, 1.165) is 22.5 Å². The number of carbonyl (C=O) groups is 4. The van der Waals surface area contributed by atoms with Crippen molar-refractivity contribution in [2.45, 2.75) is 44.7 Å². The molecule has 12 nitrogen and oxygen atoms in total. The largest absolute Gasteiger partial charge is 0.462 e. The van der Waals surface area contributed by atoms with E-state index in [1.54, 1.807) is 12.1 Å². The standard InChI is InChI=1S/C22H21N3O9/c1-11(26)32-10-16(33-12(2)27)19-15(9-18(34-19)24-8-7-17(28)23-22(24)31)25-20(29)13-5-3-4-6-14(13)21(25)30/h3-8,15-16,18-19H,9-10H2,1-2H3,(H,23,28,31)/t15-,16+,18+,19-/m0/s1. The molecule has 2 amide bonds. The van der Waals surface area contributed by atoms with E-state index in [1.165, 1.54) is 25.3 Å². The van der Waals surface area contributed by atoms with E-state index in [-0.39, 0.29) is 17.5 Å². The maximum atomic E-state index is 13.1. The molecule has 4 rings (SSSR count). The summed E-state index contributed by atoms with van der Waals surface area (Å²) >= 11 is 0. The lowest BCUT2D eigenvalue weighted by molar-refractivity contribution is -0.169. The number of benzene rings is 1. The van der Waals surface area contributed by atoms with Crippen LogP contribution in [0.15, 0.2) is 46.1 Å². The molecule has 0 saturated carbocycles. The van der Waals surface area contributed by atoms with Gasteiger partial charge < -0.3 is 14.2 Å². The SMILES string of the molecule is CC(=O)OC[C@@H](OC(C)=O)[C@H]1O[C@@H](n2ccc(=O)[nH]c2=O)C[C@@H]1N1C(=O)c2ccccc2C1=O. The number of aromatic amines is 1. The summed E-state index contributed by atoms with van der Waals surface area (Å²) in [5.74, 6) is -2.47. The minimum absolute atomic E-state index is 0.0417. The van der Waals surface area contributed by atoms with Gasteiger partial charge in [0.1, 0.15) is 18.9 Å². The van der Waals surface area contributed by atoms with Gasteiger partial charge in [-0.1, -0.05) is 12.1 Å². The molecule has 0 spiro atoms. The Morgan fingerprint density at radius 1 is 1.06 bits per heavy atom. The number of amides is 2. The molecular weight excluding hydrogens is 450 g/mol. The molecule has 0 aliphatic carbocycles. The van der Waals surface area contributed by atoms with E-state index in [4.69, 9.17) is 14.2 Å². The molecule has 12 heteroatoms. The highest BCUT2D eigenvalue weighted by molar-refractivity contribution is 6.21. The quantitative estimate of drug-likeness (QED) is 0.452. The third kappa shape index (κ3) is 4.27. The van der Waals surface area contributed by atoms with Crippen molar-refractivity contribution >= 4 is 23.8 Å². The van der Waals surface area contributed by atoms with Gasteiger partial charge >= 0.3 is 17.6 Å². The van der Waals surface area contributed by atoms with E-state index in [1.807, 2.05) is 0 Å². The number of aromatic nitrogens is 2. The Labute approximate surface area is 192 Å². The van der Waals surface area contributed by atoms with Crippen LogP contribution in [0.25, 0.3) is 0 Å². The number of nitrogens with one attached hydrogen (secondary N) is 1. The van der Waals surface area contributed by atoms with Crippen LogP contribution in [0.2, 0.25) is 0 Å². The molecule has 0 unspecified atom stereocenters. The van der Waals surface area contributed by atoms with E-state index in [9.17, 15) is 28.8 Å². The minimum Gasteiger partial charge on any atom is -0.462 e. The highest BCUT2D eigenvalue weighted by Crippen LogP contribution is 2.37. The Bertz CT molecular complexity index is 1250. The van der Waals surface area contributed by atoms with Gasteiger partial charge in [-0.2, -0.15) is 0 Å². The fourth-order valence-corrected chi connectivity index (χ4v) is 4.21. The normalized spacial score (nSPS) is 22.4.